The molecule has 0 atom stereocenters. The largest absolute Gasteiger partial charge is 0.325 e. The van der Waals surface area contributed by atoms with E-state index in [0.717, 1.165) is 18.8 Å². The van der Waals surface area contributed by atoms with Crippen LogP contribution in [0.3, 0.4) is 0 Å². The quantitative estimate of drug-likeness (QED) is 0.490. The number of hydrogen-bond acceptors (Lipinski definition) is 3. The van der Waals surface area contributed by atoms with Crippen LogP contribution in [-0.4, -0.2) is 21.1 Å². The molecule has 4 heteroatoms. The van der Waals surface area contributed by atoms with E-state index in [1.54, 1.807) is 0 Å². The molecule has 0 bridgehead atoms. The molecule has 1 aliphatic carbocycles. The molecule has 1 spiro atoms. The minimum absolute atomic E-state index is 0.292. The van der Waals surface area contributed by atoms with Crippen molar-refractivity contribution in [2.45, 2.75) is 50.9 Å². The fourth-order valence-corrected chi connectivity index (χ4v) is 5.58. The molecule has 2 aromatic heterocycles. The van der Waals surface area contributed by atoms with Gasteiger partial charge in [-0.2, -0.15) is 0 Å². The summed E-state index contributed by atoms with van der Waals surface area (Å²) in [6.45, 7) is 3.31. The van der Waals surface area contributed by atoms with Gasteiger partial charge in [0.25, 0.3) is 0 Å². The van der Waals surface area contributed by atoms with Crippen LogP contribution in [0.25, 0.3) is 5.69 Å². The highest BCUT2D eigenvalue weighted by Gasteiger charge is 2.44. The fraction of sp³-hybridized carbons (Fsp3) is 0.391. The number of pyridine rings is 1. The third-order valence-electron chi connectivity index (χ3n) is 6.90. The molecule has 0 radical (unpaired) electrons. The zero-order chi connectivity index (χ0) is 18.0. The van der Waals surface area contributed by atoms with Gasteiger partial charge in [0.2, 0.25) is 0 Å². The number of rotatable bonds is 1. The lowest BCUT2D eigenvalue weighted by atomic mass is 9.71. The van der Waals surface area contributed by atoms with E-state index >= 15 is 0 Å². The number of imidazole rings is 1. The van der Waals surface area contributed by atoms with Crippen LogP contribution >= 0.6 is 0 Å². The number of benzene rings is 1. The predicted molar refractivity (Wildman–Crippen MR) is 107 cm³/mol. The zero-order valence-corrected chi connectivity index (χ0v) is 15.8. The number of aryl methyl sites for hydroxylation is 1. The molecule has 3 aromatic rings. The van der Waals surface area contributed by atoms with E-state index < -0.39 is 0 Å². The predicted octanol–water partition coefficient (Wildman–Crippen LogP) is 4.83. The second-order valence-corrected chi connectivity index (χ2v) is 8.46. The average Bonchev–Trinajstić information content (AvgIpc) is 3.36. The van der Waals surface area contributed by atoms with Crippen LogP contribution in [0.4, 0.5) is 11.5 Å². The summed E-state index contributed by atoms with van der Waals surface area (Å²) in [5.41, 5.74) is 7.07. The number of nitrogens with zero attached hydrogens (tertiary/aromatic N) is 4. The Morgan fingerprint density at radius 1 is 1.00 bits per heavy atom. The Balaban J connectivity index is 1.47. The van der Waals surface area contributed by atoms with Gasteiger partial charge in [-0.05, 0) is 49.1 Å². The Hall–Kier alpha value is -2.62. The molecular formula is C23H24N4. The van der Waals surface area contributed by atoms with Crippen molar-refractivity contribution in [2.75, 3.05) is 11.4 Å². The fourth-order valence-electron chi connectivity index (χ4n) is 5.58. The summed E-state index contributed by atoms with van der Waals surface area (Å²) in [5, 5.41) is 0. The minimum Gasteiger partial charge on any atom is -0.325 e. The first-order valence-corrected chi connectivity index (χ1v) is 10.1. The van der Waals surface area contributed by atoms with Crippen molar-refractivity contribution in [3.63, 3.8) is 0 Å². The molecule has 2 aliphatic heterocycles. The van der Waals surface area contributed by atoms with E-state index in [1.807, 2.05) is 12.4 Å². The molecule has 0 saturated heterocycles. The Labute approximate surface area is 159 Å². The monoisotopic (exact) mass is 356 g/mol. The van der Waals surface area contributed by atoms with E-state index in [4.69, 9.17) is 4.98 Å². The molecular weight excluding hydrogens is 332 g/mol. The molecule has 136 valence electrons. The number of fused-ring (bicyclic) bond motifs is 5. The summed E-state index contributed by atoms with van der Waals surface area (Å²) in [6, 6.07) is 9.16. The Bertz CT molecular complexity index is 1040. The van der Waals surface area contributed by atoms with Gasteiger partial charge in [0, 0.05) is 48.2 Å². The first kappa shape index (κ1) is 15.4. The van der Waals surface area contributed by atoms with E-state index in [9.17, 15) is 0 Å². The van der Waals surface area contributed by atoms with Gasteiger partial charge in [0.15, 0.2) is 0 Å². The summed E-state index contributed by atoms with van der Waals surface area (Å²) >= 11 is 0. The van der Waals surface area contributed by atoms with Gasteiger partial charge in [-0.3, -0.25) is 0 Å². The first-order chi connectivity index (χ1) is 13.3. The normalized spacial score (nSPS) is 19.2. The molecule has 1 fully saturated rings. The Kier molecular flexibility index (Phi) is 3.11. The standard InChI is InChI=1S/C23H24N4/c1-16-12-20-17(14-21-24-10-11-26(20)21)13-19(16)27-15-23(7-3-2-4-8-23)18-6-5-9-25-22(18)27/h5-6,9-13H,2-4,7-8,14-15H2,1H3. The molecule has 4 heterocycles. The summed E-state index contributed by atoms with van der Waals surface area (Å²) in [6.07, 6.45) is 13.5. The zero-order valence-electron chi connectivity index (χ0n) is 15.8. The van der Waals surface area contributed by atoms with Crippen LogP contribution in [0.2, 0.25) is 0 Å². The molecule has 0 unspecified atom stereocenters. The first-order valence-electron chi connectivity index (χ1n) is 10.1. The molecule has 0 N–H and O–H groups in total. The maximum Gasteiger partial charge on any atom is 0.136 e. The van der Waals surface area contributed by atoms with Crippen LogP contribution in [0.5, 0.6) is 0 Å². The van der Waals surface area contributed by atoms with Crippen LogP contribution in [0.1, 0.15) is 54.6 Å². The van der Waals surface area contributed by atoms with Gasteiger partial charge in [0.05, 0.1) is 5.69 Å². The summed E-state index contributed by atoms with van der Waals surface area (Å²) < 4.78 is 2.23. The Morgan fingerprint density at radius 2 is 1.89 bits per heavy atom. The SMILES string of the molecule is Cc1cc2c(cc1N1CC3(CCCCC3)c3cccnc31)Cc1nccn1-2. The van der Waals surface area contributed by atoms with Gasteiger partial charge in [0.1, 0.15) is 11.6 Å². The van der Waals surface area contributed by atoms with Crippen molar-refractivity contribution in [2.24, 2.45) is 0 Å². The number of anilines is 2. The molecule has 27 heavy (non-hydrogen) atoms. The van der Waals surface area contributed by atoms with Gasteiger partial charge in [-0.25, -0.2) is 9.97 Å². The average molecular weight is 356 g/mol. The third-order valence-corrected chi connectivity index (χ3v) is 6.90. The smallest absolute Gasteiger partial charge is 0.136 e. The van der Waals surface area contributed by atoms with Gasteiger partial charge < -0.3 is 9.47 Å². The van der Waals surface area contributed by atoms with Gasteiger partial charge in [-0.1, -0.05) is 25.3 Å². The Morgan fingerprint density at radius 3 is 2.78 bits per heavy atom. The second-order valence-electron chi connectivity index (χ2n) is 8.46. The van der Waals surface area contributed by atoms with E-state index in [-0.39, 0.29) is 0 Å². The number of hydrogen-bond donors (Lipinski definition) is 0. The topological polar surface area (TPSA) is 34.0 Å². The lowest BCUT2D eigenvalue weighted by Crippen LogP contribution is -2.33. The minimum atomic E-state index is 0.292. The third kappa shape index (κ3) is 2.10. The molecule has 0 amide bonds. The van der Waals surface area contributed by atoms with Gasteiger partial charge >= 0.3 is 0 Å². The maximum absolute atomic E-state index is 4.84. The molecule has 4 nitrogen and oxygen atoms in total. The van der Waals surface area contributed by atoms with Crippen LogP contribution in [0.15, 0.2) is 42.9 Å². The van der Waals surface area contributed by atoms with Crippen molar-refractivity contribution in [1.82, 2.24) is 14.5 Å². The molecule has 3 aliphatic rings. The van der Waals surface area contributed by atoms with Crippen LogP contribution in [-0.2, 0) is 11.8 Å². The van der Waals surface area contributed by atoms with Crippen LogP contribution in [0, 0.1) is 6.92 Å². The highest BCUT2D eigenvalue weighted by molar-refractivity contribution is 5.74. The van der Waals surface area contributed by atoms with Crippen molar-refractivity contribution in [1.29, 1.82) is 0 Å². The summed E-state index contributed by atoms with van der Waals surface area (Å²) in [7, 11) is 0. The molecule has 1 saturated carbocycles. The lowest BCUT2D eigenvalue weighted by molar-refractivity contribution is 0.314. The second kappa shape index (κ2) is 5.44. The van der Waals surface area contributed by atoms with Crippen molar-refractivity contribution >= 4 is 11.5 Å². The van der Waals surface area contributed by atoms with Gasteiger partial charge in [-0.15, -0.1) is 0 Å². The highest BCUT2D eigenvalue weighted by atomic mass is 15.2. The molecule has 6 rings (SSSR count). The van der Waals surface area contributed by atoms with Crippen molar-refractivity contribution in [3.8, 4) is 5.69 Å². The number of aromatic nitrogens is 3. The van der Waals surface area contributed by atoms with Crippen molar-refractivity contribution in [3.05, 3.63) is 65.4 Å². The maximum atomic E-state index is 4.84. The summed E-state index contributed by atoms with van der Waals surface area (Å²) in [5.74, 6) is 2.32. The van der Waals surface area contributed by atoms with E-state index in [1.165, 1.54) is 66.0 Å². The van der Waals surface area contributed by atoms with E-state index in [0.29, 0.717) is 5.41 Å². The highest BCUT2D eigenvalue weighted by Crippen LogP contribution is 2.51. The summed E-state index contributed by atoms with van der Waals surface area (Å²) in [4.78, 5) is 11.8. The van der Waals surface area contributed by atoms with Crippen LogP contribution < -0.4 is 4.90 Å². The molecule has 1 aromatic carbocycles. The van der Waals surface area contributed by atoms with Crippen molar-refractivity contribution < 1.29 is 0 Å². The lowest BCUT2D eigenvalue weighted by Gasteiger charge is -2.34. The van der Waals surface area contributed by atoms with E-state index in [2.05, 4.69) is 51.8 Å².